The topological polar surface area (TPSA) is 23.6 Å². The molecule has 1 amide bonds. The predicted octanol–water partition coefficient (Wildman–Crippen LogP) is 6.02. The van der Waals surface area contributed by atoms with Gasteiger partial charge in [-0.05, 0) is 56.2 Å². The predicted molar refractivity (Wildman–Crippen MR) is 124 cm³/mol. The van der Waals surface area contributed by atoms with Gasteiger partial charge in [-0.25, -0.2) is 0 Å². The fourth-order valence-electron chi connectivity index (χ4n) is 3.82. The summed E-state index contributed by atoms with van der Waals surface area (Å²) in [7, 11) is 4.09. The van der Waals surface area contributed by atoms with Gasteiger partial charge in [0.15, 0.2) is 0 Å². The lowest BCUT2D eigenvalue weighted by Crippen LogP contribution is -2.37. The van der Waals surface area contributed by atoms with Crippen LogP contribution in [0, 0.1) is 0 Å². The molecular formula is C24H25ClN2OS. The Kier molecular flexibility index (Phi) is 6.14. The van der Waals surface area contributed by atoms with Crippen LogP contribution in [-0.2, 0) is 4.79 Å². The minimum Gasteiger partial charge on any atom is -0.309 e. The van der Waals surface area contributed by atoms with E-state index >= 15 is 0 Å². The van der Waals surface area contributed by atoms with Gasteiger partial charge in [-0.15, -0.1) is 11.8 Å². The summed E-state index contributed by atoms with van der Waals surface area (Å²) in [6.45, 7) is 1.59. The van der Waals surface area contributed by atoms with Gasteiger partial charge in [-0.1, -0.05) is 54.1 Å². The number of halogens is 1. The Morgan fingerprint density at radius 3 is 2.62 bits per heavy atom. The largest absolute Gasteiger partial charge is 0.309 e. The molecule has 0 aromatic heterocycles. The number of amides is 1. The number of rotatable bonds is 5. The highest BCUT2D eigenvalue weighted by atomic mass is 35.5. The molecule has 5 heteroatoms. The van der Waals surface area contributed by atoms with E-state index < -0.39 is 0 Å². The monoisotopic (exact) mass is 424 g/mol. The van der Waals surface area contributed by atoms with Crippen molar-refractivity contribution in [2.24, 2.45) is 0 Å². The number of carbonyl (C=O) groups excluding carboxylic acids is 1. The van der Waals surface area contributed by atoms with Gasteiger partial charge in [0.2, 0.25) is 5.91 Å². The molecule has 0 saturated heterocycles. The van der Waals surface area contributed by atoms with Crippen LogP contribution in [-0.4, -0.2) is 38.0 Å². The molecule has 4 rings (SSSR count). The lowest BCUT2D eigenvalue weighted by atomic mass is 10.1. The molecule has 1 unspecified atom stereocenters. The average molecular weight is 425 g/mol. The van der Waals surface area contributed by atoms with Crippen molar-refractivity contribution in [3.05, 3.63) is 71.2 Å². The maximum atomic E-state index is 13.3. The quantitative estimate of drug-likeness (QED) is 0.500. The number of anilines is 1. The Morgan fingerprint density at radius 1 is 1.10 bits per heavy atom. The minimum atomic E-state index is 0.193. The molecule has 1 aliphatic rings. The van der Waals surface area contributed by atoms with Gasteiger partial charge >= 0.3 is 0 Å². The van der Waals surface area contributed by atoms with Gasteiger partial charge in [0.25, 0.3) is 0 Å². The zero-order valence-electron chi connectivity index (χ0n) is 16.8. The third-order valence-electron chi connectivity index (χ3n) is 5.29. The smallest absolute Gasteiger partial charge is 0.227 e. The van der Waals surface area contributed by atoms with Crippen molar-refractivity contribution in [3.63, 3.8) is 0 Å². The Hall–Kier alpha value is -2.01. The van der Waals surface area contributed by atoms with Crippen LogP contribution in [0.3, 0.4) is 0 Å². The van der Waals surface area contributed by atoms with Gasteiger partial charge in [0, 0.05) is 28.3 Å². The first-order chi connectivity index (χ1) is 14.0. The Morgan fingerprint density at radius 2 is 1.86 bits per heavy atom. The molecule has 0 saturated carbocycles. The third-order valence-corrected chi connectivity index (χ3v) is 6.83. The SMILES string of the molecule is CN(C)CCCC(=O)N1CC(c2ccc(Cl)cc2)Sc2ccc3ccccc3c21. The number of thioether (sulfide) groups is 1. The molecule has 3 aromatic rings. The van der Waals surface area contributed by atoms with Crippen LogP contribution in [0.2, 0.25) is 5.02 Å². The second kappa shape index (κ2) is 8.78. The van der Waals surface area contributed by atoms with E-state index in [1.807, 2.05) is 55.0 Å². The molecule has 3 nitrogen and oxygen atoms in total. The van der Waals surface area contributed by atoms with Crippen molar-refractivity contribution in [1.29, 1.82) is 0 Å². The van der Waals surface area contributed by atoms with E-state index in [0.717, 1.165) is 34.0 Å². The molecule has 0 fully saturated rings. The van der Waals surface area contributed by atoms with Gasteiger partial charge in [0.1, 0.15) is 0 Å². The maximum Gasteiger partial charge on any atom is 0.227 e. The summed E-state index contributed by atoms with van der Waals surface area (Å²) in [6.07, 6.45) is 1.42. The molecule has 0 aliphatic carbocycles. The molecule has 0 bridgehead atoms. The third kappa shape index (κ3) is 4.45. The summed E-state index contributed by atoms with van der Waals surface area (Å²) in [6, 6.07) is 20.6. The molecule has 1 heterocycles. The van der Waals surface area contributed by atoms with Crippen LogP contribution in [0.15, 0.2) is 65.6 Å². The van der Waals surface area contributed by atoms with Crippen molar-refractivity contribution in [2.75, 3.05) is 32.1 Å². The van der Waals surface area contributed by atoms with Gasteiger partial charge in [0.05, 0.1) is 10.9 Å². The molecular weight excluding hydrogens is 400 g/mol. The van der Waals surface area contributed by atoms with Crippen molar-refractivity contribution >= 4 is 45.7 Å². The first-order valence-corrected chi connectivity index (χ1v) is 11.2. The Balaban J connectivity index is 1.71. The summed E-state index contributed by atoms with van der Waals surface area (Å²) in [5.41, 5.74) is 2.26. The van der Waals surface area contributed by atoms with Crippen LogP contribution in [0.25, 0.3) is 10.8 Å². The molecule has 0 spiro atoms. The lowest BCUT2D eigenvalue weighted by molar-refractivity contribution is -0.118. The number of benzene rings is 3. The number of nitrogens with zero attached hydrogens (tertiary/aromatic N) is 2. The van der Waals surface area contributed by atoms with E-state index in [0.29, 0.717) is 13.0 Å². The van der Waals surface area contributed by atoms with Crippen LogP contribution in [0.1, 0.15) is 23.7 Å². The first-order valence-electron chi connectivity index (χ1n) is 9.92. The number of hydrogen-bond acceptors (Lipinski definition) is 3. The van der Waals surface area contributed by atoms with Gasteiger partial charge in [-0.3, -0.25) is 4.79 Å². The lowest BCUT2D eigenvalue weighted by Gasteiger charge is -2.35. The highest BCUT2D eigenvalue weighted by molar-refractivity contribution is 7.99. The van der Waals surface area contributed by atoms with E-state index in [9.17, 15) is 4.79 Å². The normalized spacial score (nSPS) is 16.3. The molecule has 1 atom stereocenters. The number of fused-ring (bicyclic) bond motifs is 3. The van der Waals surface area contributed by atoms with Crippen molar-refractivity contribution in [1.82, 2.24) is 4.90 Å². The van der Waals surface area contributed by atoms with Crippen molar-refractivity contribution < 1.29 is 4.79 Å². The van der Waals surface area contributed by atoms with Crippen LogP contribution < -0.4 is 4.90 Å². The van der Waals surface area contributed by atoms with E-state index in [-0.39, 0.29) is 11.2 Å². The van der Waals surface area contributed by atoms with E-state index in [1.165, 1.54) is 10.9 Å². The summed E-state index contributed by atoms with van der Waals surface area (Å²) >= 11 is 7.92. The fourth-order valence-corrected chi connectivity index (χ4v) is 5.24. The second-order valence-corrected chi connectivity index (χ2v) is 9.38. The molecule has 1 aliphatic heterocycles. The summed E-state index contributed by atoms with van der Waals surface area (Å²) < 4.78 is 0. The van der Waals surface area contributed by atoms with Crippen molar-refractivity contribution in [3.8, 4) is 0 Å². The summed E-state index contributed by atoms with van der Waals surface area (Å²) in [5.74, 6) is 0.198. The van der Waals surface area contributed by atoms with Crippen LogP contribution >= 0.6 is 23.4 Å². The summed E-state index contributed by atoms with van der Waals surface area (Å²) in [5, 5.41) is 3.24. The number of carbonyl (C=O) groups is 1. The highest BCUT2D eigenvalue weighted by Crippen LogP contribution is 2.48. The highest BCUT2D eigenvalue weighted by Gasteiger charge is 2.31. The van der Waals surface area contributed by atoms with Crippen LogP contribution in [0.4, 0.5) is 5.69 Å². The number of hydrogen-bond donors (Lipinski definition) is 0. The van der Waals surface area contributed by atoms with E-state index in [4.69, 9.17) is 11.6 Å². The molecule has 29 heavy (non-hydrogen) atoms. The zero-order valence-corrected chi connectivity index (χ0v) is 18.3. The average Bonchev–Trinajstić information content (AvgIpc) is 2.73. The van der Waals surface area contributed by atoms with Crippen molar-refractivity contribution in [2.45, 2.75) is 23.0 Å². The minimum absolute atomic E-state index is 0.193. The maximum absolute atomic E-state index is 13.3. The Bertz CT molecular complexity index is 1020. The standard InChI is InChI=1S/C24H25ClN2OS/c1-26(2)15-5-8-23(28)27-16-22(18-9-12-19(25)13-10-18)29-21-14-11-17-6-3-4-7-20(17)24(21)27/h3-4,6-7,9-14,22H,5,8,15-16H2,1-2H3. The first kappa shape index (κ1) is 20.3. The molecule has 0 radical (unpaired) electrons. The van der Waals surface area contributed by atoms with E-state index in [1.54, 1.807) is 0 Å². The molecule has 0 N–H and O–H groups in total. The molecule has 3 aromatic carbocycles. The Labute approximate surface area is 181 Å². The van der Waals surface area contributed by atoms with E-state index in [2.05, 4.69) is 41.3 Å². The van der Waals surface area contributed by atoms with Gasteiger partial charge in [-0.2, -0.15) is 0 Å². The molecule has 150 valence electrons. The van der Waals surface area contributed by atoms with Crippen LogP contribution in [0.5, 0.6) is 0 Å². The fraction of sp³-hybridized carbons (Fsp3) is 0.292. The van der Waals surface area contributed by atoms with Gasteiger partial charge < -0.3 is 9.80 Å². The second-order valence-electron chi connectivity index (χ2n) is 7.70. The zero-order chi connectivity index (χ0) is 20.4. The summed E-state index contributed by atoms with van der Waals surface area (Å²) in [4.78, 5) is 18.6.